The number of carbonyl (C=O) groups is 2. The summed E-state index contributed by atoms with van der Waals surface area (Å²) in [6.07, 6.45) is -0.658. The molecule has 0 aliphatic heterocycles. The summed E-state index contributed by atoms with van der Waals surface area (Å²) in [5.41, 5.74) is 1.25. The predicted octanol–water partition coefficient (Wildman–Crippen LogP) is 3.91. The molecule has 0 saturated heterocycles. The molecule has 0 spiro atoms. The molecule has 0 aliphatic carbocycles. The molecular formula is C20H22N4O6S. The molecule has 0 radical (unpaired) electrons. The maximum atomic E-state index is 12.8. The van der Waals surface area contributed by atoms with E-state index in [0.717, 1.165) is 0 Å². The van der Waals surface area contributed by atoms with E-state index in [1.54, 1.807) is 45.2 Å². The molecule has 1 aromatic carbocycles. The molecule has 3 rings (SSSR count). The number of hydrogen-bond acceptors (Lipinski definition) is 9. The summed E-state index contributed by atoms with van der Waals surface area (Å²) in [4.78, 5) is 46.2. The Bertz CT molecular complexity index is 1180. The van der Waals surface area contributed by atoms with E-state index in [1.165, 1.54) is 28.7 Å². The fourth-order valence-corrected chi connectivity index (χ4v) is 3.38. The molecule has 2 N–H and O–H groups in total. The smallest absolute Gasteiger partial charge is 0.412 e. The second kappa shape index (κ2) is 8.34. The number of nitrogens with one attached hydrogen (secondary N) is 1. The van der Waals surface area contributed by atoms with Crippen molar-refractivity contribution in [3.8, 4) is 0 Å². The van der Waals surface area contributed by atoms with E-state index in [4.69, 9.17) is 9.15 Å². The highest BCUT2D eigenvalue weighted by molar-refractivity contribution is 7.07. The topological polar surface area (TPSA) is 135 Å². The third kappa shape index (κ3) is 4.82. The molecule has 2 heterocycles. The van der Waals surface area contributed by atoms with Crippen molar-refractivity contribution in [2.24, 2.45) is 0 Å². The van der Waals surface area contributed by atoms with Crippen LogP contribution in [0.2, 0.25) is 0 Å². The zero-order chi connectivity index (χ0) is 22.9. The summed E-state index contributed by atoms with van der Waals surface area (Å²) < 4.78 is 10.6. The van der Waals surface area contributed by atoms with Gasteiger partial charge in [0.1, 0.15) is 17.5 Å². The number of hydrogen-bond donors (Lipinski definition) is 2. The van der Waals surface area contributed by atoms with E-state index >= 15 is 0 Å². The first-order chi connectivity index (χ1) is 14.5. The van der Waals surface area contributed by atoms with Crippen LogP contribution in [0, 0.1) is 6.92 Å². The molecule has 0 saturated carbocycles. The second-order valence-electron chi connectivity index (χ2n) is 7.77. The number of aryl methyl sites for hydroxylation is 1. The number of aliphatic carboxylic acids is 1. The van der Waals surface area contributed by atoms with Crippen molar-refractivity contribution in [2.45, 2.75) is 46.3 Å². The van der Waals surface area contributed by atoms with Crippen LogP contribution < -0.4 is 15.8 Å². The molecule has 10 nitrogen and oxygen atoms in total. The first-order valence-electron chi connectivity index (χ1n) is 9.32. The summed E-state index contributed by atoms with van der Waals surface area (Å²) in [6.45, 7) is 8.31. The van der Waals surface area contributed by atoms with Gasteiger partial charge in [-0.1, -0.05) is 0 Å². The lowest BCUT2D eigenvalue weighted by molar-refractivity contribution is -0.138. The normalized spacial score (nSPS) is 12.4. The van der Waals surface area contributed by atoms with Gasteiger partial charge in [0.15, 0.2) is 0 Å². The van der Waals surface area contributed by atoms with E-state index in [2.05, 4.69) is 15.3 Å². The minimum absolute atomic E-state index is 0.165. The van der Waals surface area contributed by atoms with Crippen LogP contribution in [0.4, 0.5) is 22.3 Å². The fraction of sp³-hybridized carbons (Fsp3) is 0.350. The van der Waals surface area contributed by atoms with Gasteiger partial charge in [0.05, 0.1) is 16.4 Å². The molecule has 0 fully saturated rings. The third-order valence-electron chi connectivity index (χ3n) is 4.30. The monoisotopic (exact) mass is 446 g/mol. The third-order valence-corrected chi connectivity index (χ3v) is 4.87. The molecule has 2 aromatic heterocycles. The molecule has 164 valence electrons. The van der Waals surface area contributed by atoms with E-state index < -0.39 is 29.3 Å². The van der Waals surface area contributed by atoms with Gasteiger partial charge in [-0.25, -0.2) is 19.4 Å². The zero-order valence-electron chi connectivity index (χ0n) is 17.6. The van der Waals surface area contributed by atoms with Crippen LogP contribution >= 0.6 is 11.3 Å². The maximum absolute atomic E-state index is 12.8. The number of aromatic nitrogens is 2. The van der Waals surface area contributed by atoms with Crippen LogP contribution in [0.15, 0.2) is 32.2 Å². The van der Waals surface area contributed by atoms with Gasteiger partial charge in [0.2, 0.25) is 0 Å². The molecule has 11 heteroatoms. The maximum Gasteiger partial charge on any atom is 0.412 e. The fourth-order valence-electron chi connectivity index (χ4n) is 2.86. The minimum Gasteiger partial charge on any atom is -0.480 e. The van der Waals surface area contributed by atoms with Gasteiger partial charge in [-0.15, -0.1) is 11.3 Å². The lowest BCUT2D eigenvalue weighted by Crippen LogP contribution is -2.36. The average molecular weight is 446 g/mol. The minimum atomic E-state index is -1.13. The number of rotatable bonds is 5. The second-order valence-corrected chi connectivity index (χ2v) is 8.49. The van der Waals surface area contributed by atoms with Crippen LogP contribution in [0.1, 0.15) is 33.3 Å². The van der Waals surface area contributed by atoms with Crippen molar-refractivity contribution in [1.29, 1.82) is 0 Å². The number of carbonyl (C=O) groups excluding carboxylic acids is 1. The summed E-state index contributed by atoms with van der Waals surface area (Å²) in [5.74, 6) is -0.833. The molecular weight excluding hydrogens is 424 g/mol. The first kappa shape index (κ1) is 22.2. The molecule has 3 aromatic rings. The van der Waals surface area contributed by atoms with Gasteiger partial charge in [-0.3, -0.25) is 10.2 Å². The highest BCUT2D eigenvalue weighted by Crippen LogP contribution is 2.29. The average Bonchev–Trinajstić information content (AvgIpc) is 3.16. The van der Waals surface area contributed by atoms with Crippen LogP contribution in [-0.4, -0.2) is 38.8 Å². The van der Waals surface area contributed by atoms with Gasteiger partial charge in [-0.05, 0) is 52.3 Å². The van der Waals surface area contributed by atoms with Crippen LogP contribution in [0.25, 0.3) is 10.9 Å². The molecule has 31 heavy (non-hydrogen) atoms. The van der Waals surface area contributed by atoms with Gasteiger partial charge in [0.25, 0.3) is 0 Å². The number of benzene rings is 1. The number of amides is 1. The number of thiazole rings is 1. The van der Waals surface area contributed by atoms with Gasteiger partial charge in [0, 0.05) is 11.1 Å². The Kier molecular flexibility index (Phi) is 5.98. The van der Waals surface area contributed by atoms with Crippen molar-refractivity contribution in [1.82, 2.24) is 9.97 Å². The Morgan fingerprint density at radius 2 is 2.03 bits per heavy atom. The molecule has 0 aliphatic rings. The van der Waals surface area contributed by atoms with Gasteiger partial charge >= 0.3 is 23.7 Å². The number of carboxylic acid groups (broad SMARTS) is 1. The van der Waals surface area contributed by atoms with E-state index in [0.29, 0.717) is 17.1 Å². The highest BCUT2D eigenvalue weighted by atomic mass is 32.1. The zero-order valence-corrected chi connectivity index (χ0v) is 18.4. The predicted molar refractivity (Wildman–Crippen MR) is 116 cm³/mol. The van der Waals surface area contributed by atoms with E-state index in [9.17, 15) is 19.5 Å². The van der Waals surface area contributed by atoms with Crippen molar-refractivity contribution in [3.63, 3.8) is 0 Å². The first-order valence-corrected chi connectivity index (χ1v) is 10.3. The summed E-state index contributed by atoms with van der Waals surface area (Å²) in [5, 5.41) is 13.9. The lowest BCUT2D eigenvalue weighted by Gasteiger charge is -2.23. The SMILES string of the molecule is Cc1c(NC(=O)OC(C)(C)C)ccc2nc(N(c3cscn3)[C@@H](C)C(=O)O)oc(=O)c12. The largest absolute Gasteiger partial charge is 0.480 e. The Hall–Kier alpha value is -3.47. The summed E-state index contributed by atoms with van der Waals surface area (Å²) in [7, 11) is 0. The number of carboxylic acids is 1. The molecule has 0 bridgehead atoms. The van der Waals surface area contributed by atoms with Crippen molar-refractivity contribution >= 4 is 51.8 Å². The number of nitrogens with zero attached hydrogens (tertiary/aromatic N) is 3. The van der Waals surface area contributed by atoms with Gasteiger partial charge < -0.3 is 14.3 Å². The number of ether oxygens (including phenoxy) is 1. The lowest BCUT2D eigenvalue weighted by atomic mass is 10.1. The van der Waals surface area contributed by atoms with Gasteiger partial charge in [-0.2, -0.15) is 4.98 Å². The summed E-state index contributed by atoms with van der Waals surface area (Å²) >= 11 is 1.27. The standard InChI is InChI=1S/C20H22N4O6S/c1-10-12(23-19(28)30-20(3,4)5)6-7-13-15(10)17(27)29-18(22-13)24(11(2)16(25)26)14-8-31-9-21-14/h6-9,11H,1-5H3,(H,23,28)(H,25,26)/t11-/m0/s1. The Balaban J connectivity index is 2.05. The quantitative estimate of drug-likeness (QED) is 0.598. The highest BCUT2D eigenvalue weighted by Gasteiger charge is 2.28. The van der Waals surface area contributed by atoms with E-state index in [-0.39, 0.29) is 16.9 Å². The van der Waals surface area contributed by atoms with Crippen molar-refractivity contribution < 1.29 is 23.8 Å². The van der Waals surface area contributed by atoms with Crippen molar-refractivity contribution in [3.05, 3.63) is 39.0 Å². The van der Waals surface area contributed by atoms with E-state index in [1.807, 2.05) is 0 Å². The summed E-state index contributed by atoms with van der Waals surface area (Å²) in [6, 6.07) is 1.86. The Labute approximate surface area is 181 Å². The number of fused-ring (bicyclic) bond motifs is 1. The Morgan fingerprint density at radius 3 is 2.61 bits per heavy atom. The molecule has 0 unspecified atom stereocenters. The molecule has 1 amide bonds. The number of anilines is 3. The van der Waals surface area contributed by atoms with Crippen molar-refractivity contribution in [2.75, 3.05) is 10.2 Å². The van der Waals surface area contributed by atoms with Crippen LogP contribution in [0.5, 0.6) is 0 Å². The van der Waals surface area contributed by atoms with Crippen LogP contribution in [0.3, 0.4) is 0 Å². The Morgan fingerprint density at radius 1 is 1.32 bits per heavy atom. The molecule has 1 atom stereocenters. The van der Waals surface area contributed by atoms with Crippen LogP contribution in [-0.2, 0) is 9.53 Å².